The third-order valence-corrected chi connectivity index (χ3v) is 8.83. The Hall–Kier alpha value is -6.20. The van der Waals surface area contributed by atoms with Crippen LogP contribution in [-0.4, -0.2) is 14.5 Å². The van der Waals surface area contributed by atoms with Gasteiger partial charge in [0.15, 0.2) is 11.4 Å². The number of fused-ring (bicyclic) bond motifs is 10. The molecule has 0 saturated carbocycles. The Morgan fingerprint density at radius 1 is 0.489 bits per heavy atom. The van der Waals surface area contributed by atoms with Crippen molar-refractivity contribution in [1.29, 1.82) is 0 Å². The van der Waals surface area contributed by atoms with Crippen LogP contribution in [0, 0.1) is 0 Å². The summed E-state index contributed by atoms with van der Waals surface area (Å²) in [4.78, 5) is 10.2. The first-order valence-corrected chi connectivity index (χ1v) is 15.0. The van der Waals surface area contributed by atoms with E-state index in [4.69, 9.17) is 18.8 Å². The van der Waals surface area contributed by atoms with Crippen molar-refractivity contribution in [1.82, 2.24) is 14.5 Å². The Kier molecular flexibility index (Phi) is 4.93. The van der Waals surface area contributed by atoms with Crippen molar-refractivity contribution in [3.05, 3.63) is 140 Å². The molecule has 10 rings (SSSR count). The Morgan fingerprint density at radius 2 is 1.18 bits per heavy atom. The number of hydrogen-bond donors (Lipinski definition) is 0. The van der Waals surface area contributed by atoms with Crippen molar-refractivity contribution in [3.63, 3.8) is 0 Å². The van der Waals surface area contributed by atoms with Gasteiger partial charge in [0.1, 0.15) is 11.2 Å². The number of aromatic nitrogens is 3. The maximum absolute atomic E-state index is 6.82. The molecule has 0 aliphatic heterocycles. The average Bonchev–Trinajstić information content (AvgIpc) is 3.77. The third-order valence-electron chi connectivity index (χ3n) is 8.83. The Balaban J connectivity index is 1.34. The lowest BCUT2D eigenvalue weighted by molar-refractivity contribution is 0.655. The van der Waals surface area contributed by atoms with Crippen LogP contribution in [0.2, 0.25) is 0 Å². The molecule has 210 valence electrons. The number of nitrogens with zero attached hydrogens (tertiary/aromatic N) is 3. The largest absolute Gasteiger partial charge is 0.456 e. The van der Waals surface area contributed by atoms with E-state index in [-0.39, 0.29) is 0 Å². The van der Waals surface area contributed by atoms with Gasteiger partial charge in [-0.15, -0.1) is 0 Å². The lowest BCUT2D eigenvalue weighted by atomic mass is 10.0. The van der Waals surface area contributed by atoms with E-state index in [9.17, 15) is 0 Å². The van der Waals surface area contributed by atoms with Crippen LogP contribution in [0.5, 0.6) is 0 Å². The molecule has 4 heterocycles. The fourth-order valence-electron chi connectivity index (χ4n) is 6.82. The number of rotatable bonds is 3. The molecular formula is C40H23N3O2. The topological polar surface area (TPSA) is 57.0 Å². The van der Waals surface area contributed by atoms with Gasteiger partial charge in [-0.05, 0) is 42.5 Å². The standard InChI is InChI=1S/C40H23N3O2/c1-3-11-24(12-4-1)39-41-36(25-19-20-29-28-16-8-10-18-33(28)44-34(29)23-25)35-31-22-21-30-27-15-7-9-17-32(27)43(26-13-5-2-6-14-26)37(30)38(31)45-40(35)42-39/h1-23H. The molecule has 45 heavy (non-hydrogen) atoms. The van der Waals surface area contributed by atoms with Gasteiger partial charge in [0, 0.05) is 43.7 Å². The van der Waals surface area contributed by atoms with Gasteiger partial charge in [0.2, 0.25) is 5.71 Å². The molecule has 5 heteroatoms. The van der Waals surface area contributed by atoms with Gasteiger partial charge < -0.3 is 13.4 Å². The SMILES string of the molecule is c1ccc(-c2nc(-c3ccc4c(c3)oc3ccccc34)c3c(n2)oc2c3ccc3c4ccccc4n(-c4ccccc4)c32)cc1. The van der Waals surface area contributed by atoms with Crippen molar-refractivity contribution >= 4 is 65.8 Å². The number of hydrogen-bond acceptors (Lipinski definition) is 4. The molecule has 10 aromatic rings. The summed E-state index contributed by atoms with van der Waals surface area (Å²) in [6.45, 7) is 0. The highest BCUT2D eigenvalue weighted by atomic mass is 16.3. The fraction of sp³-hybridized carbons (Fsp3) is 0. The summed E-state index contributed by atoms with van der Waals surface area (Å²) in [5.74, 6) is 0.613. The molecule has 4 aromatic heterocycles. The second kappa shape index (κ2) is 9.15. The van der Waals surface area contributed by atoms with Gasteiger partial charge in [0.05, 0.1) is 22.1 Å². The maximum Gasteiger partial charge on any atom is 0.231 e. The van der Waals surface area contributed by atoms with Crippen LogP contribution < -0.4 is 0 Å². The van der Waals surface area contributed by atoms with Gasteiger partial charge in [-0.25, -0.2) is 4.98 Å². The molecule has 0 N–H and O–H groups in total. The quantitative estimate of drug-likeness (QED) is 0.210. The number of benzene rings is 6. The molecule has 0 atom stereocenters. The average molecular weight is 578 g/mol. The highest BCUT2D eigenvalue weighted by molar-refractivity contribution is 6.23. The molecule has 0 aliphatic carbocycles. The smallest absolute Gasteiger partial charge is 0.231 e. The van der Waals surface area contributed by atoms with Crippen LogP contribution >= 0.6 is 0 Å². The molecule has 0 aliphatic rings. The van der Waals surface area contributed by atoms with Crippen molar-refractivity contribution < 1.29 is 8.83 Å². The molecule has 0 unspecified atom stereocenters. The maximum atomic E-state index is 6.82. The van der Waals surface area contributed by atoms with Gasteiger partial charge in [-0.3, -0.25) is 0 Å². The number of para-hydroxylation sites is 3. The minimum atomic E-state index is 0.552. The lowest BCUT2D eigenvalue weighted by Gasteiger charge is -2.08. The van der Waals surface area contributed by atoms with E-state index in [0.29, 0.717) is 11.5 Å². The highest BCUT2D eigenvalue weighted by Gasteiger charge is 2.23. The van der Waals surface area contributed by atoms with E-state index in [1.807, 2.05) is 54.6 Å². The molecule has 5 nitrogen and oxygen atoms in total. The summed E-state index contributed by atoms with van der Waals surface area (Å²) in [6.07, 6.45) is 0. The molecule has 0 amide bonds. The van der Waals surface area contributed by atoms with Crippen LogP contribution in [0.3, 0.4) is 0 Å². The Morgan fingerprint density at radius 3 is 2.04 bits per heavy atom. The van der Waals surface area contributed by atoms with Crippen molar-refractivity contribution in [2.45, 2.75) is 0 Å². The summed E-state index contributed by atoms with van der Waals surface area (Å²) in [7, 11) is 0. The first-order chi connectivity index (χ1) is 22.3. The van der Waals surface area contributed by atoms with E-state index in [0.717, 1.165) is 77.2 Å². The van der Waals surface area contributed by atoms with Gasteiger partial charge in [0.25, 0.3) is 0 Å². The highest BCUT2D eigenvalue weighted by Crippen LogP contribution is 2.43. The summed E-state index contributed by atoms with van der Waals surface area (Å²) < 4.78 is 15.4. The van der Waals surface area contributed by atoms with Crippen LogP contribution in [0.1, 0.15) is 0 Å². The zero-order valence-electron chi connectivity index (χ0n) is 23.9. The molecule has 0 radical (unpaired) electrons. The second-order valence-electron chi connectivity index (χ2n) is 11.4. The minimum absolute atomic E-state index is 0.552. The molecule has 0 bridgehead atoms. The van der Waals surface area contributed by atoms with E-state index in [1.54, 1.807) is 0 Å². The first-order valence-electron chi connectivity index (χ1n) is 15.0. The van der Waals surface area contributed by atoms with Crippen LogP contribution in [0.4, 0.5) is 0 Å². The van der Waals surface area contributed by atoms with Crippen molar-refractivity contribution in [2.24, 2.45) is 0 Å². The third kappa shape index (κ3) is 3.49. The summed E-state index contributed by atoms with van der Waals surface area (Å²) >= 11 is 0. The van der Waals surface area contributed by atoms with E-state index < -0.39 is 0 Å². The van der Waals surface area contributed by atoms with Gasteiger partial charge >= 0.3 is 0 Å². The van der Waals surface area contributed by atoms with Gasteiger partial charge in [-0.1, -0.05) is 97.1 Å². The Labute approximate surface area is 256 Å². The number of furan rings is 2. The zero-order valence-corrected chi connectivity index (χ0v) is 23.9. The van der Waals surface area contributed by atoms with Crippen LogP contribution in [0.25, 0.3) is 94.1 Å². The molecular weight excluding hydrogens is 554 g/mol. The predicted octanol–water partition coefficient (Wildman–Crippen LogP) is 10.7. The van der Waals surface area contributed by atoms with Crippen LogP contribution in [-0.2, 0) is 0 Å². The van der Waals surface area contributed by atoms with Crippen LogP contribution in [0.15, 0.2) is 148 Å². The lowest BCUT2D eigenvalue weighted by Crippen LogP contribution is -1.94. The first kappa shape index (κ1) is 24.3. The van der Waals surface area contributed by atoms with E-state index in [2.05, 4.69) is 89.5 Å². The van der Waals surface area contributed by atoms with E-state index in [1.165, 1.54) is 5.39 Å². The predicted molar refractivity (Wildman–Crippen MR) is 182 cm³/mol. The van der Waals surface area contributed by atoms with Gasteiger partial charge in [-0.2, -0.15) is 4.98 Å². The van der Waals surface area contributed by atoms with E-state index >= 15 is 0 Å². The zero-order chi connectivity index (χ0) is 29.5. The summed E-state index contributed by atoms with van der Waals surface area (Å²) in [5, 5.41) is 6.33. The summed E-state index contributed by atoms with van der Waals surface area (Å²) in [6, 6.07) is 47.8. The minimum Gasteiger partial charge on any atom is -0.456 e. The van der Waals surface area contributed by atoms with Crippen molar-refractivity contribution in [2.75, 3.05) is 0 Å². The summed E-state index contributed by atoms with van der Waals surface area (Å²) in [5.41, 5.74) is 8.91. The molecule has 0 fully saturated rings. The molecule has 0 saturated heterocycles. The normalized spacial score (nSPS) is 12.0. The second-order valence-corrected chi connectivity index (χ2v) is 11.4. The molecule has 0 spiro atoms. The monoisotopic (exact) mass is 577 g/mol. The molecule has 6 aromatic carbocycles. The van der Waals surface area contributed by atoms with Crippen molar-refractivity contribution in [3.8, 4) is 28.3 Å². The fourth-order valence-corrected chi connectivity index (χ4v) is 6.82. The Bertz CT molecular complexity index is 2750.